The zero-order valence-electron chi connectivity index (χ0n) is 54.6. The number of carboxylic acid groups (broad SMARTS) is 1. The highest BCUT2D eigenvalue weighted by atomic mass is 19.1. The molecule has 6 aromatic rings. The van der Waals surface area contributed by atoms with Crippen molar-refractivity contribution >= 4 is 63.4 Å². The molecular weight excluding hydrogens is 1190 g/mol. The summed E-state index contributed by atoms with van der Waals surface area (Å²) in [5.41, 5.74) is 12.9. The number of piperazine rings is 2. The molecule has 23 nitrogen and oxygen atoms in total. The normalized spacial score (nSPS) is 20.2. The van der Waals surface area contributed by atoms with Gasteiger partial charge in [-0.15, -0.1) is 0 Å². The molecular formula is C68H93F2N17O6. The van der Waals surface area contributed by atoms with Crippen molar-refractivity contribution in [3.05, 3.63) is 90.4 Å². The molecule has 2 aromatic carbocycles. The number of nitrogens with one attached hydrogen (secondary N) is 4. The van der Waals surface area contributed by atoms with E-state index in [1.807, 2.05) is 43.1 Å². The SMILES string of the molecule is C=C1CCC(Nc2ccc(N3CCN(CC)CC3)c(F)c2)C(=O)N1.CC(C)n1nc(-c2noc(C3CC3)c2-c2ncc(C3CCN(C(=O)O)CC3)cn2)c2c(N)ncnc21.CCC.O=C1CCC(Nc2ccc(N3CCN(CCC4CCCCC4)CC3)c(F)c2)C(=O)N1. The number of rotatable bonds is 15. The van der Waals surface area contributed by atoms with E-state index in [-0.39, 0.29) is 53.3 Å². The number of nitrogen functional groups attached to an aromatic ring is 1. The molecule has 7 N–H and O–H groups in total. The number of piperidine rings is 3. The largest absolute Gasteiger partial charge is 0.465 e. The van der Waals surface area contributed by atoms with Gasteiger partial charge in [-0.25, -0.2) is 38.2 Å². The molecule has 2 aliphatic carbocycles. The van der Waals surface area contributed by atoms with E-state index in [1.165, 1.54) is 68.3 Å². The van der Waals surface area contributed by atoms with Gasteiger partial charge in [0.05, 0.1) is 22.3 Å². The number of likely N-dealkylation sites (N-methyl/N-ethyl adjacent to an activating group) is 1. The topological polar surface area (TPSA) is 274 Å². The van der Waals surface area contributed by atoms with Gasteiger partial charge in [0.15, 0.2) is 17.2 Å². The summed E-state index contributed by atoms with van der Waals surface area (Å²) in [4.78, 5) is 74.9. The second kappa shape index (κ2) is 31.5. The maximum atomic E-state index is 14.8. The Morgan fingerprint density at radius 1 is 0.720 bits per heavy atom. The highest BCUT2D eigenvalue weighted by molar-refractivity contribution is 6.02. The van der Waals surface area contributed by atoms with Crippen LogP contribution in [-0.2, 0) is 14.4 Å². The van der Waals surface area contributed by atoms with E-state index in [1.54, 1.807) is 12.1 Å². The predicted octanol–water partition coefficient (Wildman–Crippen LogP) is 10.6. The molecule has 7 aliphatic rings. The molecule has 7 fully saturated rings. The molecule has 25 heteroatoms. The highest BCUT2D eigenvalue weighted by Crippen LogP contribution is 2.48. The summed E-state index contributed by atoms with van der Waals surface area (Å²) in [6, 6.07) is 9.41. The van der Waals surface area contributed by atoms with Gasteiger partial charge in [-0.05, 0) is 132 Å². The molecule has 2 saturated carbocycles. The summed E-state index contributed by atoms with van der Waals surface area (Å²) in [6.07, 6.45) is 19.4. The Labute approximate surface area is 543 Å². The van der Waals surface area contributed by atoms with E-state index in [2.05, 4.69) is 83.3 Å². The number of likely N-dealkylation sites (tertiary alicyclic amines) is 1. The van der Waals surface area contributed by atoms with Crippen LogP contribution in [0.25, 0.3) is 33.8 Å². The average molecular weight is 1280 g/mol. The van der Waals surface area contributed by atoms with Crippen LogP contribution in [0.4, 0.5) is 42.1 Å². The van der Waals surface area contributed by atoms with Crippen LogP contribution in [0.1, 0.15) is 160 Å². The number of hydrogen-bond acceptors (Lipinski definition) is 18. The van der Waals surface area contributed by atoms with Crippen LogP contribution >= 0.6 is 0 Å². The van der Waals surface area contributed by atoms with E-state index < -0.39 is 12.1 Å². The number of hydrogen-bond donors (Lipinski definition) is 6. The molecule has 5 aliphatic heterocycles. The number of fused-ring (bicyclic) bond motifs is 1. The summed E-state index contributed by atoms with van der Waals surface area (Å²) in [6.45, 7) is 24.7. The van der Waals surface area contributed by atoms with Gasteiger partial charge >= 0.3 is 6.09 Å². The van der Waals surface area contributed by atoms with E-state index in [0.717, 1.165) is 126 Å². The maximum absolute atomic E-state index is 14.8. The van der Waals surface area contributed by atoms with E-state index in [9.17, 15) is 33.1 Å². The molecule has 5 saturated heterocycles. The Kier molecular flexibility index (Phi) is 22.9. The third-order valence-corrected chi connectivity index (χ3v) is 18.6. The smallest absolute Gasteiger partial charge is 0.407 e. The minimum Gasteiger partial charge on any atom is -0.465 e. The minimum absolute atomic E-state index is 0.0527. The van der Waals surface area contributed by atoms with Crippen molar-refractivity contribution in [2.24, 2.45) is 5.92 Å². The lowest BCUT2D eigenvalue weighted by atomic mass is 9.87. The van der Waals surface area contributed by atoms with E-state index in [4.69, 9.17) is 25.3 Å². The van der Waals surface area contributed by atoms with Crippen LogP contribution in [0.2, 0.25) is 0 Å². The number of allylic oxidation sites excluding steroid dienone is 1. The fraction of sp³-hybridized carbons (Fsp3) is 0.559. The lowest BCUT2D eigenvalue weighted by Crippen LogP contribution is -2.47. The Morgan fingerprint density at radius 2 is 1.30 bits per heavy atom. The van der Waals surface area contributed by atoms with Crippen LogP contribution in [0.5, 0.6) is 0 Å². The molecule has 500 valence electrons. The Balaban J connectivity index is 0.000000152. The Hall–Kier alpha value is -8.32. The zero-order valence-corrected chi connectivity index (χ0v) is 54.6. The highest BCUT2D eigenvalue weighted by Gasteiger charge is 2.37. The molecule has 9 heterocycles. The van der Waals surface area contributed by atoms with Gasteiger partial charge in [-0.2, -0.15) is 5.10 Å². The number of benzene rings is 2. The zero-order chi connectivity index (χ0) is 65.7. The summed E-state index contributed by atoms with van der Waals surface area (Å²) in [5.74, 6) is 1.78. The molecule has 93 heavy (non-hydrogen) atoms. The second-order valence-corrected chi connectivity index (χ2v) is 25.8. The Morgan fingerprint density at radius 3 is 1.84 bits per heavy atom. The number of aromatic nitrogens is 7. The quantitative estimate of drug-likeness (QED) is 0.0522. The van der Waals surface area contributed by atoms with Gasteiger partial charge in [0.25, 0.3) is 0 Å². The maximum Gasteiger partial charge on any atom is 0.407 e. The van der Waals surface area contributed by atoms with Crippen molar-refractivity contribution in [1.29, 1.82) is 0 Å². The molecule has 2 unspecified atom stereocenters. The predicted molar refractivity (Wildman–Crippen MR) is 357 cm³/mol. The van der Waals surface area contributed by atoms with Crippen molar-refractivity contribution in [1.82, 2.24) is 60.2 Å². The van der Waals surface area contributed by atoms with Gasteiger partial charge in [0.1, 0.15) is 47.3 Å². The van der Waals surface area contributed by atoms with Crippen LogP contribution in [0, 0.1) is 17.6 Å². The number of carbonyl (C=O) groups is 4. The van der Waals surface area contributed by atoms with Gasteiger partial charge in [0, 0.05) is 113 Å². The van der Waals surface area contributed by atoms with E-state index in [0.29, 0.717) is 89.2 Å². The van der Waals surface area contributed by atoms with Crippen LogP contribution < -0.4 is 36.8 Å². The number of nitrogens with zero attached hydrogens (tertiary/aromatic N) is 12. The van der Waals surface area contributed by atoms with Gasteiger partial charge in [0.2, 0.25) is 17.7 Å². The van der Waals surface area contributed by atoms with Crippen LogP contribution in [0.3, 0.4) is 0 Å². The van der Waals surface area contributed by atoms with Gasteiger partial charge < -0.3 is 50.9 Å². The van der Waals surface area contributed by atoms with E-state index >= 15 is 0 Å². The first-order valence-electron chi connectivity index (χ1n) is 33.7. The molecule has 2 atom stereocenters. The number of imide groups is 1. The average Bonchev–Trinajstić information content (AvgIpc) is 1.60. The fourth-order valence-electron chi connectivity index (χ4n) is 13.1. The molecule has 0 bridgehead atoms. The number of nitrogens with two attached hydrogens (primary N) is 1. The molecule has 4 amide bonds. The Bertz CT molecular complexity index is 3530. The molecule has 13 rings (SSSR count). The monoisotopic (exact) mass is 1280 g/mol. The standard InChI is InChI=1S/C24H27N9O3.C23H33FN4O2.C18H25FN4O.C3H8/c1-12(2)33-23-17(21(25)28-11-29-23)18(30-33)19-16(20(36-31-19)14-3-4-14)22-26-9-15(10-27-22)13-5-7-32(8-6-13)24(34)35;24-19-16-18(25-20-7-9-22(29)26-23(20)30)6-8-21(19)28-14-12-27(13-15-28)11-10-17-4-2-1-3-5-17;1-3-22-8-10-23(11-9-22)17-7-5-14(12-15(17)19)21-16-6-4-13(2)20-18(16)24;1-3-2/h9-14H,3-8H2,1-2H3,(H,34,35)(H2,25,28,29);6,8,16-17,20,25H,1-5,7,9-15H2,(H,26,29,30);5,7,12,16,21H,2-4,6,8-11H2,1H3,(H,20,24);3H2,1-2H3. The summed E-state index contributed by atoms with van der Waals surface area (Å²) >= 11 is 0. The van der Waals surface area contributed by atoms with Crippen molar-refractivity contribution in [3.63, 3.8) is 0 Å². The third kappa shape index (κ3) is 17.1. The lowest BCUT2D eigenvalue weighted by molar-refractivity contribution is -0.133. The van der Waals surface area contributed by atoms with Crippen LogP contribution in [0.15, 0.2) is 71.9 Å². The summed E-state index contributed by atoms with van der Waals surface area (Å²) < 4.78 is 37.0. The molecule has 4 aromatic heterocycles. The first kappa shape index (κ1) is 67.6. The lowest BCUT2D eigenvalue weighted by Gasteiger charge is -2.37. The van der Waals surface area contributed by atoms with Crippen molar-refractivity contribution < 1.29 is 37.6 Å². The molecule has 0 spiro atoms. The van der Waals surface area contributed by atoms with Crippen molar-refractivity contribution in [3.8, 4) is 22.8 Å². The summed E-state index contributed by atoms with van der Waals surface area (Å²) in [7, 11) is 0. The van der Waals surface area contributed by atoms with Crippen LogP contribution in [-0.4, -0.2) is 169 Å². The first-order valence-corrected chi connectivity index (χ1v) is 33.7. The van der Waals surface area contributed by atoms with Crippen molar-refractivity contribution in [2.75, 3.05) is 105 Å². The number of halogens is 2. The second-order valence-electron chi connectivity index (χ2n) is 25.8. The van der Waals surface area contributed by atoms with Gasteiger partial charge in [-0.3, -0.25) is 24.6 Å². The molecule has 0 radical (unpaired) electrons. The summed E-state index contributed by atoms with van der Waals surface area (Å²) in [5, 5.41) is 30.3. The van der Waals surface area contributed by atoms with Crippen molar-refractivity contribution in [2.45, 2.75) is 161 Å². The minimum atomic E-state index is -0.869. The third-order valence-electron chi connectivity index (χ3n) is 18.6. The first-order chi connectivity index (χ1) is 45.0. The van der Waals surface area contributed by atoms with Gasteiger partial charge in [-0.1, -0.05) is 71.0 Å². The number of anilines is 5. The number of amides is 4. The fourth-order valence-corrected chi connectivity index (χ4v) is 13.1. The number of carbonyl (C=O) groups excluding carboxylic acids is 3.